The molecule has 4 atom stereocenters. The van der Waals surface area contributed by atoms with E-state index in [4.69, 9.17) is 9.47 Å². The molecule has 2 aromatic carbocycles. The van der Waals surface area contributed by atoms with Crippen molar-refractivity contribution in [2.24, 2.45) is 5.92 Å². The van der Waals surface area contributed by atoms with Gasteiger partial charge in [-0.3, -0.25) is 0 Å². The van der Waals surface area contributed by atoms with Crippen molar-refractivity contribution >= 4 is 0 Å². The molecule has 4 rings (SSSR count). The number of aliphatic hydroxyl groups is 1. The van der Waals surface area contributed by atoms with Crippen molar-refractivity contribution < 1.29 is 14.6 Å². The van der Waals surface area contributed by atoms with Crippen molar-refractivity contribution in [1.82, 2.24) is 0 Å². The van der Waals surface area contributed by atoms with Crippen molar-refractivity contribution in [1.29, 1.82) is 0 Å². The Hall–Kier alpha value is -2.00. The molecule has 0 spiro atoms. The van der Waals surface area contributed by atoms with Crippen LogP contribution in [-0.4, -0.2) is 19.3 Å². The van der Waals surface area contributed by atoms with Crippen molar-refractivity contribution in [3.8, 4) is 11.5 Å². The van der Waals surface area contributed by atoms with Crippen molar-refractivity contribution in [2.45, 2.75) is 37.2 Å². The van der Waals surface area contributed by atoms with Gasteiger partial charge in [0.1, 0.15) is 11.5 Å². The molecule has 0 heterocycles. The van der Waals surface area contributed by atoms with Crippen LogP contribution in [0.25, 0.3) is 0 Å². The molecular formula is C21H24O3. The second-order valence-corrected chi connectivity index (χ2v) is 6.94. The van der Waals surface area contributed by atoms with Crippen molar-refractivity contribution in [2.75, 3.05) is 14.2 Å². The second-order valence-electron chi connectivity index (χ2n) is 6.94. The molecule has 0 saturated heterocycles. The number of methoxy groups -OCH3 is 2. The summed E-state index contributed by atoms with van der Waals surface area (Å²) in [6.07, 6.45) is 3.14. The SMILES string of the molecule is COc1ccc(C2C(O)c3ccc(OC)cc3C3CCCC32)cc1. The lowest BCUT2D eigenvalue weighted by atomic mass is 9.66. The Labute approximate surface area is 143 Å². The molecule has 0 aliphatic heterocycles. The van der Waals surface area contributed by atoms with Crippen LogP contribution in [-0.2, 0) is 0 Å². The molecule has 0 aromatic heterocycles. The Morgan fingerprint density at radius 1 is 0.875 bits per heavy atom. The van der Waals surface area contributed by atoms with E-state index in [-0.39, 0.29) is 5.92 Å². The van der Waals surface area contributed by atoms with Gasteiger partial charge in [-0.1, -0.05) is 24.6 Å². The van der Waals surface area contributed by atoms with E-state index in [9.17, 15) is 5.11 Å². The average molecular weight is 324 g/mol. The lowest BCUT2D eigenvalue weighted by Gasteiger charge is -2.40. The monoisotopic (exact) mass is 324 g/mol. The Balaban J connectivity index is 1.78. The summed E-state index contributed by atoms with van der Waals surface area (Å²) in [5.41, 5.74) is 3.57. The smallest absolute Gasteiger partial charge is 0.119 e. The van der Waals surface area contributed by atoms with E-state index in [0.717, 1.165) is 17.1 Å². The number of hydrogen-bond acceptors (Lipinski definition) is 3. The largest absolute Gasteiger partial charge is 0.497 e. The minimum absolute atomic E-state index is 0.157. The molecular weight excluding hydrogens is 300 g/mol. The Kier molecular flexibility index (Phi) is 3.97. The molecule has 3 nitrogen and oxygen atoms in total. The molecule has 1 N–H and O–H groups in total. The predicted octanol–water partition coefficient (Wildman–Crippen LogP) is 4.42. The van der Waals surface area contributed by atoms with Gasteiger partial charge in [0.15, 0.2) is 0 Å². The van der Waals surface area contributed by atoms with Gasteiger partial charge in [-0.15, -0.1) is 0 Å². The maximum atomic E-state index is 11.1. The molecule has 126 valence electrons. The van der Waals surface area contributed by atoms with Gasteiger partial charge in [-0.25, -0.2) is 0 Å². The van der Waals surface area contributed by atoms with E-state index >= 15 is 0 Å². The molecule has 4 unspecified atom stereocenters. The van der Waals surface area contributed by atoms with Gasteiger partial charge in [0.2, 0.25) is 0 Å². The van der Waals surface area contributed by atoms with Gasteiger partial charge < -0.3 is 14.6 Å². The van der Waals surface area contributed by atoms with Crippen LogP contribution in [0.1, 0.15) is 53.9 Å². The number of aliphatic hydroxyl groups excluding tert-OH is 1. The summed E-state index contributed by atoms with van der Waals surface area (Å²) in [5, 5.41) is 11.1. The average Bonchev–Trinajstić information content (AvgIpc) is 3.11. The van der Waals surface area contributed by atoms with E-state index in [0.29, 0.717) is 11.8 Å². The fourth-order valence-corrected chi connectivity index (χ4v) is 4.76. The number of rotatable bonds is 3. The first-order chi connectivity index (χ1) is 11.7. The molecule has 24 heavy (non-hydrogen) atoms. The highest BCUT2D eigenvalue weighted by Crippen LogP contribution is 2.57. The zero-order valence-corrected chi connectivity index (χ0v) is 14.2. The van der Waals surface area contributed by atoms with Gasteiger partial charge >= 0.3 is 0 Å². The molecule has 2 aromatic rings. The van der Waals surface area contributed by atoms with E-state index in [1.165, 1.54) is 30.4 Å². The Morgan fingerprint density at radius 3 is 2.29 bits per heavy atom. The van der Waals surface area contributed by atoms with E-state index in [1.807, 2.05) is 24.3 Å². The lowest BCUT2D eigenvalue weighted by Crippen LogP contribution is -2.29. The first-order valence-corrected chi connectivity index (χ1v) is 8.72. The quantitative estimate of drug-likeness (QED) is 0.908. The van der Waals surface area contributed by atoms with Gasteiger partial charge in [-0.05, 0) is 65.6 Å². The molecule has 3 heteroatoms. The van der Waals surface area contributed by atoms with Crippen LogP contribution in [0.4, 0.5) is 0 Å². The fourth-order valence-electron chi connectivity index (χ4n) is 4.76. The molecule has 0 amide bonds. The normalized spacial score (nSPS) is 28.1. The summed E-state index contributed by atoms with van der Waals surface area (Å²) >= 11 is 0. The van der Waals surface area contributed by atoms with E-state index in [2.05, 4.69) is 18.2 Å². The van der Waals surface area contributed by atoms with Crippen LogP contribution in [0.3, 0.4) is 0 Å². The van der Waals surface area contributed by atoms with Gasteiger partial charge in [0.05, 0.1) is 20.3 Å². The van der Waals surface area contributed by atoms with Crippen LogP contribution < -0.4 is 9.47 Å². The minimum atomic E-state index is -0.460. The summed E-state index contributed by atoms with van der Waals surface area (Å²) in [6, 6.07) is 14.3. The molecule has 1 saturated carbocycles. The summed E-state index contributed by atoms with van der Waals surface area (Å²) in [4.78, 5) is 0. The highest BCUT2D eigenvalue weighted by atomic mass is 16.5. The Bertz CT molecular complexity index is 722. The standard InChI is InChI=1S/C21H24O3/c1-23-14-8-6-13(7-9-14)20-17-5-3-4-16(17)19-12-15(24-2)10-11-18(19)21(20)22/h6-12,16-17,20-22H,3-5H2,1-2H3. The van der Waals surface area contributed by atoms with E-state index < -0.39 is 6.10 Å². The van der Waals surface area contributed by atoms with Gasteiger partial charge in [0, 0.05) is 5.92 Å². The van der Waals surface area contributed by atoms with Crippen molar-refractivity contribution in [3.05, 3.63) is 59.2 Å². The van der Waals surface area contributed by atoms with Crippen LogP contribution in [0.15, 0.2) is 42.5 Å². The second kappa shape index (κ2) is 6.14. The highest BCUT2D eigenvalue weighted by molar-refractivity contribution is 5.45. The highest BCUT2D eigenvalue weighted by Gasteiger charge is 2.45. The number of benzene rings is 2. The fraction of sp³-hybridized carbons (Fsp3) is 0.429. The maximum Gasteiger partial charge on any atom is 0.119 e. The number of hydrogen-bond donors (Lipinski definition) is 1. The molecule has 1 fully saturated rings. The van der Waals surface area contributed by atoms with E-state index in [1.54, 1.807) is 14.2 Å². The predicted molar refractivity (Wildman–Crippen MR) is 93.8 cm³/mol. The van der Waals surface area contributed by atoms with Crippen LogP contribution in [0.5, 0.6) is 11.5 Å². The first kappa shape index (κ1) is 15.5. The summed E-state index contributed by atoms with van der Waals surface area (Å²) in [6.45, 7) is 0. The minimum Gasteiger partial charge on any atom is -0.497 e. The lowest BCUT2D eigenvalue weighted by molar-refractivity contribution is 0.0971. The summed E-state index contributed by atoms with van der Waals surface area (Å²) in [5.74, 6) is 2.91. The van der Waals surface area contributed by atoms with Crippen LogP contribution in [0, 0.1) is 5.92 Å². The molecule has 2 aliphatic carbocycles. The van der Waals surface area contributed by atoms with Crippen molar-refractivity contribution in [3.63, 3.8) is 0 Å². The third kappa shape index (κ3) is 2.39. The van der Waals surface area contributed by atoms with Crippen LogP contribution in [0.2, 0.25) is 0 Å². The molecule has 0 radical (unpaired) electrons. The number of ether oxygens (including phenoxy) is 2. The maximum absolute atomic E-state index is 11.1. The third-order valence-corrected chi connectivity index (χ3v) is 5.88. The molecule has 0 bridgehead atoms. The zero-order valence-electron chi connectivity index (χ0n) is 14.2. The third-order valence-electron chi connectivity index (χ3n) is 5.88. The summed E-state index contributed by atoms with van der Waals surface area (Å²) in [7, 11) is 3.38. The Morgan fingerprint density at radius 2 is 1.58 bits per heavy atom. The molecule has 2 aliphatic rings. The number of fused-ring (bicyclic) bond motifs is 3. The van der Waals surface area contributed by atoms with Crippen LogP contribution >= 0.6 is 0 Å². The summed E-state index contributed by atoms with van der Waals surface area (Å²) < 4.78 is 10.7. The first-order valence-electron chi connectivity index (χ1n) is 8.72. The van der Waals surface area contributed by atoms with Gasteiger partial charge in [0.25, 0.3) is 0 Å². The zero-order chi connectivity index (χ0) is 16.7. The van der Waals surface area contributed by atoms with Gasteiger partial charge in [-0.2, -0.15) is 0 Å². The topological polar surface area (TPSA) is 38.7 Å².